The van der Waals surface area contributed by atoms with Gasteiger partial charge in [-0.15, -0.1) is 0 Å². The average molecular weight is 793 g/mol. The fourth-order valence-electron chi connectivity index (χ4n) is 9.46. The Hall–Kier alpha value is -4.47. The van der Waals surface area contributed by atoms with Gasteiger partial charge < -0.3 is 44.1 Å². The molecule has 4 N–H and O–H groups in total. The maximum Gasteiger partial charge on any atom is 0.348 e. The van der Waals surface area contributed by atoms with E-state index in [0.717, 1.165) is 0 Å². The number of aliphatic hydroxyl groups excluding tert-OH is 2. The number of hydrogen-bond acceptors (Lipinski definition) is 14. The topological polar surface area (TPSA) is 212 Å². The van der Waals surface area contributed by atoms with Gasteiger partial charge in [0.2, 0.25) is 6.10 Å². The predicted molar refractivity (Wildman–Crippen MR) is 200 cm³/mol. The molecule has 1 saturated heterocycles. The molecule has 57 heavy (non-hydrogen) atoms. The third-order valence-corrected chi connectivity index (χ3v) is 13.0. The molecule has 6 rings (SSSR count). The smallest absolute Gasteiger partial charge is 0.348 e. The SMILES string of the molecule is CCCC(=O)OCC(=O)O[C@@H](C(=O)O[C@H]1C[C@]2(O)C(OC(=O)c3ccccc3)[C@@H]3[C@]4(O)CO[C@@H]4C[C@H](O)[C@@]3(C)C(=O)[C@H](O)C(=C1C)C2(C)C)[C@@H](C)c1ccccc1. The molecule has 308 valence electrons. The van der Waals surface area contributed by atoms with Crippen LogP contribution in [0.2, 0.25) is 0 Å². The number of rotatable bonds is 11. The van der Waals surface area contributed by atoms with E-state index in [1.165, 1.54) is 26.0 Å². The first kappa shape index (κ1) is 42.1. The number of carbonyl (C=O) groups is 5. The highest BCUT2D eigenvalue weighted by atomic mass is 16.6. The summed E-state index contributed by atoms with van der Waals surface area (Å²) < 4.78 is 28.7. The Morgan fingerprint density at radius 1 is 0.930 bits per heavy atom. The molecule has 2 aromatic rings. The molecule has 0 radical (unpaired) electrons. The lowest BCUT2D eigenvalue weighted by Gasteiger charge is -2.66. The Bertz CT molecular complexity index is 1910. The zero-order valence-corrected chi connectivity index (χ0v) is 33.0. The zero-order chi connectivity index (χ0) is 41.7. The Morgan fingerprint density at radius 2 is 1.56 bits per heavy atom. The van der Waals surface area contributed by atoms with E-state index >= 15 is 0 Å². The average Bonchev–Trinajstić information content (AvgIpc) is 3.18. The summed E-state index contributed by atoms with van der Waals surface area (Å²) in [6.07, 6.45) is -9.30. The Kier molecular flexibility index (Phi) is 11.6. The Labute approximate surface area is 331 Å². The zero-order valence-electron chi connectivity index (χ0n) is 33.0. The van der Waals surface area contributed by atoms with E-state index in [0.29, 0.717) is 12.0 Å². The maximum atomic E-state index is 14.8. The minimum Gasteiger partial charge on any atom is -0.455 e. The van der Waals surface area contributed by atoms with E-state index in [1.54, 1.807) is 76.2 Å². The van der Waals surface area contributed by atoms with Gasteiger partial charge in [0.15, 0.2) is 12.4 Å². The molecule has 3 aliphatic carbocycles. The van der Waals surface area contributed by atoms with Crippen molar-refractivity contribution >= 4 is 29.7 Å². The highest BCUT2D eigenvalue weighted by Gasteiger charge is 2.76. The standard InChI is InChI=1S/C43H52O14/c1-7-14-30(45)53-21-31(46)56-34(23(2)25-15-10-8-11-16-25)39(50)55-27-20-43(52)37(57-38(49)26-17-12-9-13-18-26)35-41(6,28(44)19-29-42(35,51)22-54-29)36(48)33(47)32(24(27)3)40(43,4)5/h8-13,15-18,23,27-29,33-35,37,44,47,51-52H,7,14,19-22H2,1-6H3/t23-,27-,28-,29+,33+,34+,35-,37?,41+,42-,43-/m0/s1. The van der Waals surface area contributed by atoms with Crippen molar-refractivity contribution < 1.29 is 68.1 Å². The van der Waals surface area contributed by atoms with Crippen molar-refractivity contribution in [2.24, 2.45) is 16.7 Å². The summed E-state index contributed by atoms with van der Waals surface area (Å²) in [5.74, 6) is -6.79. The van der Waals surface area contributed by atoms with E-state index < -0.39 is 113 Å². The second-order valence-electron chi connectivity index (χ2n) is 16.6. The van der Waals surface area contributed by atoms with Crippen LogP contribution in [-0.4, -0.2) is 111 Å². The highest BCUT2D eigenvalue weighted by Crippen LogP contribution is 2.63. The second kappa shape index (κ2) is 15.7. The van der Waals surface area contributed by atoms with Crippen molar-refractivity contribution in [2.45, 2.75) is 121 Å². The molecule has 14 nitrogen and oxygen atoms in total. The number of ether oxygens (including phenoxy) is 5. The van der Waals surface area contributed by atoms with E-state index in [1.807, 2.05) is 0 Å². The number of carbonyl (C=O) groups excluding carboxylic acids is 5. The normalized spacial score (nSPS) is 33.8. The van der Waals surface area contributed by atoms with Gasteiger partial charge in [0, 0.05) is 36.5 Å². The van der Waals surface area contributed by atoms with Crippen molar-refractivity contribution in [2.75, 3.05) is 13.2 Å². The third-order valence-electron chi connectivity index (χ3n) is 13.0. The molecule has 0 aromatic heterocycles. The molecule has 2 saturated carbocycles. The first-order chi connectivity index (χ1) is 26.8. The van der Waals surface area contributed by atoms with E-state index in [4.69, 9.17) is 23.7 Å². The number of esters is 4. The number of benzene rings is 2. The third kappa shape index (κ3) is 7.09. The Morgan fingerprint density at radius 3 is 2.16 bits per heavy atom. The fourth-order valence-corrected chi connectivity index (χ4v) is 9.46. The van der Waals surface area contributed by atoms with E-state index in [-0.39, 0.29) is 36.2 Å². The minimum absolute atomic E-state index is 0.0295. The van der Waals surface area contributed by atoms with Crippen LogP contribution < -0.4 is 0 Å². The largest absolute Gasteiger partial charge is 0.455 e. The molecule has 2 aromatic carbocycles. The summed E-state index contributed by atoms with van der Waals surface area (Å²) in [5.41, 5.74) is -6.89. The van der Waals surface area contributed by atoms with Gasteiger partial charge in [-0.1, -0.05) is 76.2 Å². The van der Waals surface area contributed by atoms with Gasteiger partial charge in [-0.3, -0.25) is 9.59 Å². The molecule has 0 spiro atoms. The van der Waals surface area contributed by atoms with Gasteiger partial charge in [-0.25, -0.2) is 14.4 Å². The van der Waals surface area contributed by atoms with Crippen LogP contribution in [0, 0.1) is 16.7 Å². The minimum atomic E-state index is -2.30. The number of aliphatic hydroxyl groups is 4. The summed E-state index contributed by atoms with van der Waals surface area (Å²) >= 11 is 0. The molecule has 3 fully saturated rings. The van der Waals surface area contributed by atoms with Gasteiger partial charge >= 0.3 is 23.9 Å². The monoisotopic (exact) mass is 792 g/mol. The molecule has 1 aliphatic heterocycles. The summed E-state index contributed by atoms with van der Waals surface area (Å²) in [5, 5.41) is 49.4. The predicted octanol–water partition coefficient (Wildman–Crippen LogP) is 3.12. The maximum absolute atomic E-state index is 14.8. The summed E-state index contributed by atoms with van der Waals surface area (Å²) in [6, 6.07) is 16.6. The first-order valence-corrected chi connectivity index (χ1v) is 19.4. The van der Waals surface area contributed by atoms with Crippen LogP contribution in [0.15, 0.2) is 71.8 Å². The molecular weight excluding hydrogens is 740 g/mol. The molecule has 0 amide bonds. The van der Waals surface area contributed by atoms with Gasteiger partial charge in [0.25, 0.3) is 0 Å². The molecule has 4 aliphatic rings. The van der Waals surface area contributed by atoms with Crippen LogP contribution in [0.4, 0.5) is 0 Å². The molecule has 1 heterocycles. The molecule has 2 bridgehead atoms. The quantitative estimate of drug-likeness (QED) is 0.146. The summed E-state index contributed by atoms with van der Waals surface area (Å²) in [4.78, 5) is 68.1. The summed E-state index contributed by atoms with van der Waals surface area (Å²) in [6.45, 7) is 8.38. The highest BCUT2D eigenvalue weighted by molar-refractivity contribution is 5.94. The second-order valence-corrected chi connectivity index (χ2v) is 16.6. The van der Waals surface area contributed by atoms with Crippen molar-refractivity contribution in [3.8, 4) is 0 Å². The van der Waals surface area contributed by atoms with Crippen LogP contribution in [-0.2, 0) is 42.9 Å². The van der Waals surface area contributed by atoms with Gasteiger partial charge in [0.1, 0.15) is 29.5 Å². The lowest BCUT2D eigenvalue weighted by atomic mass is 9.44. The lowest BCUT2D eigenvalue weighted by molar-refractivity contribution is -0.343. The molecular formula is C43H52O14. The lowest BCUT2D eigenvalue weighted by Crippen LogP contribution is -2.81. The van der Waals surface area contributed by atoms with Crippen LogP contribution >= 0.6 is 0 Å². The van der Waals surface area contributed by atoms with Crippen molar-refractivity contribution in [1.29, 1.82) is 0 Å². The molecule has 1 unspecified atom stereocenters. The van der Waals surface area contributed by atoms with Crippen molar-refractivity contribution in [3.63, 3.8) is 0 Å². The van der Waals surface area contributed by atoms with Crippen LogP contribution in [0.3, 0.4) is 0 Å². The van der Waals surface area contributed by atoms with Crippen molar-refractivity contribution in [1.82, 2.24) is 0 Å². The molecule has 14 heteroatoms. The first-order valence-electron chi connectivity index (χ1n) is 19.4. The van der Waals surface area contributed by atoms with Gasteiger partial charge in [-0.05, 0) is 49.1 Å². The Balaban J connectivity index is 1.44. The van der Waals surface area contributed by atoms with Crippen LogP contribution in [0.25, 0.3) is 0 Å². The number of Topliss-reactive ketones (excluding diaryl/α,β-unsaturated/α-hetero) is 1. The van der Waals surface area contributed by atoms with Gasteiger partial charge in [0.05, 0.1) is 29.8 Å². The number of ketones is 1. The number of hydrogen-bond donors (Lipinski definition) is 4. The fraction of sp³-hybridized carbons (Fsp3) is 0.558. The van der Waals surface area contributed by atoms with E-state index in [2.05, 4.69) is 0 Å². The van der Waals surface area contributed by atoms with E-state index in [9.17, 15) is 44.4 Å². The van der Waals surface area contributed by atoms with Crippen LogP contribution in [0.1, 0.15) is 89.1 Å². The summed E-state index contributed by atoms with van der Waals surface area (Å²) in [7, 11) is 0. The number of fused-ring (bicyclic) bond motifs is 5. The van der Waals surface area contributed by atoms with Gasteiger partial charge in [-0.2, -0.15) is 0 Å². The van der Waals surface area contributed by atoms with Crippen LogP contribution in [0.5, 0.6) is 0 Å². The molecule has 11 atom stereocenters. The van der Waals surface area contributed by atoms with Crippen molar-refractivity contribution in [3.05, 3.63) is 82.9 Å².